The lowest BCUT2D eigenvalue weighted by atomic mass is 9.98. The van der Waals surface area contributed by atoms with Crippen LogP contribution in [-0.2, 0) is 30.4 Å². The molecule has 5 unspecified atom stereocenters. The first-order valence-corrected chi connectivity index (χ1v) is 12.9. The average molecular weight is 535 g/mol. The standard InChI is InChI=1S/C26H42N6O6/c1-3-16(2)22(29)25(36)32-20(15-17-9-5-4-6-10-17)24(35)30-18(11-7-8-14-27)23(34)31-19(26(37)38)12-13-21(28)33/h4-6,9-10,16,18-20,22H,3,7-8,11-15,27,29H2,1-2H3,(H2,28,33)(H,30,35)(H,31,34)(H,32,36)(H,37,38). The van der Waals surface area contributed by atoms with Crippen molar-refractivity contribution < 1.29 is 29.1 Å². The molecule has 1 aromatic rings. The Morgan fingerprint density at radius 1 is 0.868 bits per heavy atom. The molecule has 5 atom stereocenters. The lowest BCUT2D eigenvalue weighted by Gasteiger charge is -2.26. The molecule has 12 nitrogen and oxygen atoms in total. The SMILES string of the molecule is CCC(C)C(N)C(=O)NC(Cc1ccccc1)C(=O)NC(CCCCN)C(=O)NC(CCC(N)=O)C(=O)O. The van der Waals surface area contributed by atoms with Gasteiger partial charge in [0.15, 0.2) is 0 Å². The molecule has 0 radical (unpaired) electrons. The van der Waals surface area contributed by atoms with Gasteiger partial charge in [0.1, 0.15) is 18.1 Å². The summed E-state index contributed by atoms with van der Waals surface area (Å²) < 4.78 is 0. The van der Waals surface area contributed by atoms with Crippen molar-refractivity contribution in [2.75, 3.05) is 6.54 Å². The van der Waals surface area contributed by atoms with E-state index in [1.54, 1.807) is 12.1 Å². The fourth-order valence-electron chi connectivity index (χ4n) is 3.69. The summed E-state index contributed by atoms with van der Waals surface area (Å²) in [6, 6.07) is 4.73. The molecule has 0 aromatic heterocycles. The number of rotatable bonds is 18. The highest BCUT2D eigenvalue weighted by atomic mass is 16.4. The van der Waals surface area contributed by atoms with E-state index in [1.165, 1.54) is 0 Å². The zero-order valence-corrected chi connectivity index (χ0v) is 22.2. The largest absolute Gasteiger partial charge is 0.480 e. The summed E-state index contributed by atoms with van der Waals surface area (Å²) in [7, 11) is 0. The molecule has 0 aliphatic heterocycles. The second-order valence-electron chi connectivity index (χ2n) is 9.41. The van der Waals surface area contributed by atoms with Gasteiger partial charge in [-0.15, -0.1) is 0 Å². The number of nitrogens with one attached hydrogen (secondary N) is 3. The highest BCUT2D eigenvalue weighted by molar-refractivity contribution is 5.94. The summed E-state index contributed by atoms with van der Waals surface area (Å²) in [6.07, 6.45) is 1.66. The molecule has 0 spiro atoms. The Kier molecular flexibility index (Phi) is 14.6. The van der Waals surface area contributed by atoms with Crippen LogP contribution in [0, 0.1) is 5.92 Å². The zero-order valence-electron chi connectivity index (χ0n) is 22.2. The van der Waals surface area contributed by atoms with E-state index in [0.717, 1.165) is 5.56 Å². The van der Waals surface area contributed by atoms with Gasteiger partial charge in [-0.3, -0.25) is 19.2 Å². The maximum atomic E-state index is 13.4. The predicted octanol–water partition coefficient (Wildman–Crippen LogP) is -0.464. The van der Waals surface area contributed by atoms with Gasteiger partial charge in [-0.2, -0.15) is 0 Å². The van der Waals surface area contributed by atoms with Crippen LogP contribution in [0.15, 0.2) is 30.3 Å². The molecule has 12 heteroatoms. The number of primary amides is 1. The van der Waals surface area contributed by atoms with Crippen molar-refractivity contribution in [3.63, 3.8) is 0 Å². The normalized spacial score (nSPS) is 14.8. The van der Waals surface area contributed by atoms with Crippen LogP contribution in [0.25, 0.3) is 0 Å². The Morgan fingerprint density at radius 2 is 1.45 bits per heavy atom. The minimum atomic E-state index is -1.36. The van der Waals surface area contributed by atoms with Gasteiger partial charge in [0.05, 0.1) is 6.04 Å². The van der Waals surface area contributed by atoms with Crippen LogP contribution in [0.1, 0.15) is 57.9 Å². The minimum Gasteiger partial charge on any atom is -0.480 e. The van der Waals surface area contributed by atoms with E-state index in [2.05, 4.69) is 16.0 Å². The molecular formula is C26H42N6O6. The second-order valence-corrected chi connectivity index (χ2v) is 9.41. The van der Waals surface area contributed by atoms with Crippen molar-refractivity contribution in [2.45, 2.75) is 83.0 Å². The maximum absolute atomic E-state index is 13.4. The number of hydrogen-bond donors (Lipinski definition) is 7. The van der Waals surface area contributed by atoms with Crippen molar-refractivity contribution in [3.8, 4) is 0 Å². The number of nitrogens with two attached hydrogens (primary N) is 3. The van der Waals surface area contributed by atoms with Gasteiger partial charge >= 0.3 is 5.97 Å². The zero-order chi connectivity index (χ0) is 28.7. The van der Waals surface area contributed by atoms with Crippen molar-refractivity contribution in [1.82, 2.24) is 16.0 Å². The third kappa shape index (κ3) is 11.7. The summed E-state index contributed by atoms with van der Waals surface area (Å²) in [5.41, 5.74) is 17.5. The summed E-state index contributed by atoms with van der Waals surface area (Å²) in [5, 5.41) is 17.2. The smallest absolute Gasteiger partial charge is 0.326 e. The van der Waals surface area contributed by atoms with Crippen LogP contribution in [0.2, 0.25) is 0 Å². The molecule has 0 saturated carbocycles. The molecule has 1 aromatic carbocycles. The number of carbonyl (C=O) groups is 5. The molecule has 0 fully saturated rings. The molecule has 0 heterocycles. The number of amides is 4. The molecule has 10 N–H and O–H groups in total. The van der Waals surface area contributed by atoms with Crippen LogP contribution in [0.5, 0.6) is 0 Å². The van der Waals surface area contributed by atoms with Crippen molar-refractivity contribution in [3.05, 3.63) is 35.9 Å². The third-order valence-electron chi connectivity index (χ3n) is 6.35. The van der Waals surface area contributed by atoms with Crippen LogP contribution in [0.3, 0.4) is 0 Å². The average Bonchev–Trinajstić information content (AvgIpc) is 2.89. The Labute approximate surface area is 223 Å². The molecule has 0 bridgehead atoms. The van der Waals surface area contributed by atoms with Gasteiger partial charge in [0, 0.05) is 12.8 Å². The van der Waals surface area contributed by atoms with Crippen LogP contribution in [0.4, 0.5) is 0 Å². The van der Waals surface area contributed by atoms with Gasteiger partial charge in [0.25, 0.3) is 0 Å². The molecular weight excluding hydrogens is 492 g/mol. The van der Waals surface area contributed by atoms with Crippen LogP contribution >= 0.6 is 0 Å². The van der Waals surface area contributed by atoms with Gasteiger partial charge in [-0.25, -0.2) is 4.79 Å². The van der Waals surface area contributed by atoms with Crippen molar-refractivity contribution in [1.29, 1.82) is 0 Å². The molecule has 0 saturated heterocycles. The Morgan fingerprint density at radius 3 is 2.00 bits per heavy atom. The minimum absolute atomic E-state index is 0.112. The number of hydrogen-bond acceptors (Lipinski definition) is 7. The fraction of sp³-hybridized carbons (Fsp3) is 0.577. The molecule has 38 heavy (non-hydrogen) atoms. The van der Waals surface area contributed by atoms with E-state index in [4.69, 9.17) is 17.2 Å². The summed E-state index contributed by atoms with van der Waals surface area (Å²) in [5.74, 6) is -3.98. The number of benzene rings is 1. The first-order valence-electron chi connectivity index (χ1n) is 12.9. The lowest BCUT2D eigenvalue weighted by molar-refractivity contribution is -0.142. The third-order valence-corrected chi connectivity index (χ3v) is 6.35. The number of unbranched alkanes of at least 4 members (excludes halogenated alkanes) is 1. The Balaban J connectivity index is 3.11. The fourth-order valence-corrected chi connectivity index (χ4v) is 3.69. The molecule has 212 valence electrons. The second kappa shape index (κ2) is 17.1. The summed E-state index contributed by atoms with van der Waals surface area (Å²) in [4.78, 5) is 61.9. The molecule has 4 amide bonds. The molecule has 1 rings (SSSR count). The predicted molar refractivity (Wildman–Crippen MR) is 142 cm³/mol. The maximum Gasteiger partial charge on any atom is 0.326 e. The number of carboxylic acid groups (broad SMARTS) is 1. The highest BCUT2D eigenvalue weighted by Crippen LogP contribution is 2.10. The first kappa shape index (κ1) is 32.5. The van der Waals surface area contributed by atoms with Crippen molar-refractivity contribution in [2.24, 2.45) is 23.1 Å². The number of carboxylic acids is 1. The van der Waals surface area contributed by atoms with Gasteiger partial charge in [0.2, 0.25) is 23.6 Å². The van der Waals surface area contributed by atoms with Crippen LogP contribution in [-0.4, -0.2) is 65.4 Å². The molecule has 0 aliphatic carbocycles. The quantitative estimate of drug-likeness (QED) is 0.122. The highest BCUT2D eigenvalue weighted by Gasteiger charge is 2.31. The Bertz CT molecular complexity index is 928. The van der Waals surface area contributed by atoms with E-state index < -0.39 is 53.8 Å². The van der Waals surface area contributed by atoms with E-state index in [-0.39, 0.29) is 31.6 Å². The first-order chi connectivity index (χ1) is 18.0. The van der Waals surface area contributed by atoms with E-state index in [9.17, 15) is 29.1 Å². The van der Waals surface area contributed by atoms with E-state index >= 15 is 0 Å². The van der Waals surface area contributed by atoms with Gasteiger partial charge in [-0.1, -0.05) is 50.6 Å². The summed E-state index contributed by atoms with van der Waals surface area (Å²) >= 11 is 0. The van der Waals surface area contributed by atoms with Gasteiger partial charge < -0.3 is 38.3 Å². The summed E-state index contributed by atoms with van der Waals surface area (Å²) in [6.45, 7) is 4.12. The van der Waals surface area contributed by atoms with Crippen molar-refractivity contribution >= 4 is 29.6 Å². The topological polar surface area (TPSA) is 220 Å². The van der Waals surface area contributed by atoms with Crippen LogP contribution < -0.4 is 33.2 Å². The van der Waals surface area contributed by atoms with Gasteiger partial charge in [-0.05, 0) is 43.7 Å². The number of carbonyl (C=O) groups excluding carboxylic acids is 4. The number of aliphatic carboxylic acids is 1. The lowest BCUT2D eigenvalue weighted by Crippen LogP contribution is -2.58. The molecule has 0 aliphatic rings. The Hall–Kier alpha value is -3.51. The van der Waals surface area contributed by atoms with E-state index in [1.807, 2.05) is 32.0 Å². The monoisotopic (exact) mass is 534 g/mol. The van der Waals surface area contributed by atoms with E-state index in [0.29, 0.717) is 25.8 Å².